The highest BCUT2D eigenvalue weighted by atomic mass is 16.5. The third-order valence-corrected chi connectivity index (χ3v) is 5.15. The van der Waals surface area contributed by atoms with Gasteiger partial charge in [-0.1, -0.05) is 43.3 Å². The van der Waals surface area contributed by atoms with Crippen molar-refractivity contribution in [2.45, 2.75) is 39.4 Å². The van der Waals surface area contributed by atoms with Crippen molar-refractivity contribution in [3.05, 3.63) is 89.7 Å². The Morgan fingerprint density at radius 3 is 2.57 bits per heavy atom. The van der Waals surface area contributed by atoms with E-state index in [4.69, 9.17) is 4.74 Å². The molecule has 0 aliphatic carbocycles. The van der Waals surface area contributed by atoms with Crippen LogP contribution in [-0.2, 0) is 13.1 Å². The van der Waals surface area contributed by atoms with Crippen LogP contribution < -0.4 is 4.74 Å². The zero-order valence-corrected chi connectivity index (χ0v) is 16.8. The first-order valence-corrected chi connectivity index (χ1v) is 9.75. The number of hydrogen-bond donors (Lipinski definition) is 0. The lowest BCUT2D eigenvalue weighted by atomic mass is 10.1. The number of benzene rings is 2. The molecule has 0 aliphatic rings. The predicted molar refractivity (Wildman–Crippen MR) is 113 cm³/mol. The fourth-order valence-electron chi connectivity index (χ4n) is 3.27. The quantitative estimate of drug-likeness (QED) is 0.555. The third kappa shape index (κ3) is 4.63. The van der Waals surface area contributed by atoms with Crippen LogP contribution in [0.1, 0.15) is 41.9 Å². The molecule has 0 radical (unpaired) electrons. The molecule has 3 rings (SSSR count). The zero-order chi connectivity index (χ0) is 19.9. The van der Waals surface area contributed by atoms with Crippen molar-refractivity contribution in [2.75, 3.05) is 7.11 Å². The first kappa shape index (κ1) is 19.7. The summed E-state index contributed by atoms with van der Waals surface area (Å²) in [6.07, 6.45) is 2.97. The van der Waals surface area contributed by atoms with E-state index in [1.165, 1.54) is 5.56 Å². The SMILES string of the molecule is CC[C@@H](C)N(Cc1cccn1Cc1ccccc1)C(=O)c1cccc(OC)c1. The summed E-state index contributed by atoms with van der Waals surface area (Å²) in [4.78, 5) is 15.2. The first-order chi connectivity index (χ1) is 13.6. The number of hydrogen-bond acceptors (Lipinski definition) is 2. The van der Waals surface area contributed by atoms with Crippen molar-refractivity contribution < 1.29 is 9.53 Å². The molecule has 0 aliphatic heterocycles. The second kappa shape index (κ2) is 9.27. The number of carbonyl (C=O) groups excluding carboxylic acids is 1. The molecule has 4 heteroatoms. The molecule has 4 nitrogen and oxygen atoms in total. The smallest absolute Gasteiger partial charge is 0.254 e. The van der Waals surface area contributed by atoms with Crippen LogP contribution in [0, 0.1) is 0 Å². The minimum absolute atomic E-state index is 0.0284. The van der Waals surface area contributed by atoms with Crippen LogP contribution in [0.4, 0.5) is 0 Å². The molecule has 0 bridgehead atoms. The summed E-state index contributed by atoms with van der Waals surface area (Å²) in [5.74, 6) is 0.725. The molecule has 3 aromatic rings. The Bertz CT molecular complexity index is 902. The van der Waals surface area contributed by atoms with Crippen LogP contribution in [0.25, 0.3) is 0 Å². The maximum Gasteiger partial charge on any atom is 0.254 e. The van der Waals surface area contributed by atoms with Gasteiger partial charge < -0.3 is 14.2 Å². The molecular weight excluding hydrogens is 348 g/mol. The third-order valence-electron chi connectivity index (χ3n) is 5.15. The Hall–Kier alpha value is -3.01. The van der Waals surface area contributed by atoms with Gasteiger partial charge in [0, 0.05) is 30.0 Å². The van der Waals surface area contributed by atoms with E-state index in [0.717, 1.165) is 18.7 Å². The van der Waals surface area contributed by atoms with Crippen LogP contribution in [0.5, 0.6) is 5.75 Å². The number of carbonyl (C=O) groups is 1. The lowest BCUT2D eigenvalue weighted by Crippen LogP contribution is -2.38. The Morgan fingerprint density at radius 2 is 1.86 bits per heavy atom. The number of methoxy groups -OCH3 is 1. The molecule has 0 fully saturated rings. The highest BCUT2D eigenvalue weighted by molar-refractivity contribution is 5.94. The van der Waals surface area contributed by atoms with Crippen molar-refractivity contribution in [3.8, 4) is 5.75 Å². The minimum Gasteiger partial charge on any atom is -0.497 e. The summed E-state index contributed by atoms with van der Waals surface area (Å²) in [6.45, 7) is 5.58. The molecule has 28 heavy (non-hydrogen) atoms. The van der Waals surface area contributed by atoms with Gasteiger partial charge in [-0.15, -0.1) is 0 Å². The topological polar surface area (TPSA) is 34.5 Å². The Labute approximate surface area is 167 Å². The maximum absolute atomic E-state index is 13.3. The normalized spacial score (nSPS) is 11.8. The summed E-state index contributed by atoms with van der Waals surface area (Å²) in [7, 11) is 1.62. The van der Waals surface area contributed by atoms with Gasteiger partial charge in [0.15, 0.2) is 0 Å². The second-order valence-corrected chi connectivity index (χ2v) is 7.04. The first-order valence-electron chi connectivity index (χ1n) is 9.75. The molecule has 1 heterocycles. The number of amides is 1. The highest BCUT2D eigenvalue weighted by Crippen LogP contribution is 2.19. The van der Waals surface area contributed by atoms with E-state index in [9.17, 15) is 4.79 Å². The molecule has 146 valence electrons. The molecule has 1 atom stereocenters. The van der Waals surface area contributed by atoms with Crippen molar-refractivity contribution in [1.29, 1.82) is 0 Å². The van der Waals surface area contributed by atoms with E-state index in [1.807, 2.05) is 35.2 Å². The standard InChI is InChI=1S/C24H28N2O2/c1-4-19(2)26(24(27)21-12-8-14-23(16-21)28-3)18-22-13-9-15-25(22)17-20-10-6-5-7-11-20/h5-16,19H,4,17-18H2,1-3H3/t19-/m1/s1. The Morgan fingerprint density at radius 1 is 1.07 bits per heavy atom. The van der Waals surface area contributed by atoms with E-state index in [1.54, 1.807) is 13.2 Å². The monoisotopic (exact) mass is 376 g/mol. The van der Waals surface area contributed by atoms with Gasteiger partial charge in [0.2, 0.25) is 0 Å². The van der Waals surface area contributed by atoms with Crippen LogP contribution in [0.2, 0.25) is 0 Å². The van der Waals surface area contributed by atoms with E-state index in [-0.39, 0.29) is 11.9 Å². The van der Waals surface area contributed by atoms with Crippen molar-refractivity contribution in [1.82, 2.24) is 9.47 Å². The Balaban J connectivity index is 1.84. The number of nitrogens with zero attached hydrogens (tertiary/aromatic N) is 2. The van der Waals surface area contributed by atoms with Gasteiger partial charge in [-0.2, -0.15) is 0 Å². The zero-order valence-electron chi connectivity index (χ0n) is 16.8. The molecule has 1 amide bonds. The maximum atomic E-state index is 13.3. The molecule has 0 saturated carbocycles. The highest BCUT2D eigenvalue weighted by Gasteiger charge is 2.22. The lowest BCUT2D eigenvalue weighted by Gasteiger charge is -2.29. The van der Waals surface area contributed by atoms with Gasteiger partial charge in [-0.25, -0.2) is 0 Å². The molecule has 0 spiro atoms. The number of aromatic nitrogens is 1. The molecule has 2 aromatic carbocycles. The second-order valence-electron chi connectivity index (χ2n) is 7.04. The summed E-state index contributed by atoms with van der Waals surface area (Å²) in [5, 5.41) is 0. The van der Waals surface area contributed by atoms with E-state index in [2.05, 4.69) is 54.9 Å². The van der Waals surface area contributed by atoms with Crippen LogP contribution in [0.3, 0.4) is 0 Å². The molecule has 0 saturated heterocycles. The largest absolute Gasteiger partial charge is 0.497 e. The van der Waals surface area contributed by atoms with Crippen molar-refractivity contribution >= 4 is 5.91 Å². The fourth-order valence-corrected chi connectivity index (χ4v) is 3.27. The Kier molecular flexibility index (Phi) is 6.53. The van der Waals surface area contributed by atoms with Crippen LogP contribution >= 0.6 is 0 Å². The summed E-state index contributed by atoms with van der Waals surface area (Å²) in [6, 6.07) is 22.0. The molecule has 0 unspecified atom stereocenters. The molecule has 1 aromatic heterocycles. The van der Waals surface area contributed by atoms with Crippen LogP contribution in [-0.4, -0.2) is 28.5 Å². The average molecular weight is 377 g/mol. The van der Waals surface area contributed by atoms with Crippen molar-refractivity contribution in [2.24, 2.45) is 0 Å². The van der Waals surface area contributed by atoms with Crippen molar-refractivity contribution in [3.63, 3.8) is 0 Å². The van der Waals surface area contributed by atoms with E-state index >= 15 is 0 Å². The van der Waals surface area contributed by atoms with Gasteiger partial charge in [0.25, 0.3) is 5.91 Å². The number of rotatable bonds is 8. The molecule has 0 N–H and O–H groups in total. The van der Waals surface area contributed by atoms with E-state index < -0.39 is 0 Å². The average Bonchev–Trinajstić information content (AvgIpc) is 3.18. The van der Waals surface area contributed by atoms with Gasteiger partial charge in [0.05, 0.1) is 13.7 Å². The summed E-state index contributed by atoms with van der Waals surface area (Å²) >= 11 is 0. The minimum atomic E-state index is 0.0284. The van der Waals surface area contributed by atoms with Gasteiger partial charge in [-0.3, -0.25) is 4.79 Å². The predicted octanol–water partition coefficient (Wildman–Crippen LogP) is 4.99. The molecular formula is C24H28N2O2. The fraction of sp³-hybridized carbons (Fsp3) is 0.292. The van der Waals surface area contributed by atoms with Gasteiger partial charge in [0.1, 0.15) is 5.75 Å². The number of ether oxygens (including phenoxy) is 1. The van der Waals surface area contributed by atoms with Crippen LogP contribution in [0.15, 0.2) is 72.9 Å². The van der Waals surface area contributed by atoms with Gasteiger partial charge >= 0.3 is 0 Å². The van der Waals surface area contributed by atoms with E-state index in [0.29, 0.717) is 17.9 Å². The van der Waals surface area contributed by atoms with Gasteiger partial charge in [-0.05, 0) is 49.2 Å². The summed E-state index contributed by atoms with van der Waals surface area (Å²) in [5.41, 5.74) is 3.02. The summed E-state index contributed by atoms with van der Waals surface area (Å²) < 4.78 is 7.50. The lowest BCUT2D eigenvalue weighted by molar-refractivity contribution is 0.0666.